The number of amidine groups is 1. The first-order chi connectivity index (χ1) is 5.86. The first-order valence-corrected chi connectivity index (χ1v) is 3.86. The number of nitrogen functional groups attached to an aromatic ring is 1. The number of nitrogens with one attached hydrogen (secondary N) is 1. The van der Waals surface area contributed by atoms with E-state index in [0.717, 1.165) is 24.5 Å². The molecule has 0 radical (unpaired) electrons. The van der Waals surface area contributed by atoms with E-state index >= 15 is 0 Å². The maximum absolute atomic E-state index is 5.45. The van der Waals surface area contributed by atoms with Gasteiger partial charge in [0.05, 0.1) is 6.54 Å². The molecule has 2 rings (SSSR count). The molecule has 0 unspecified atom stereocenters. The third-order valence-corrected chi connectivity index (χ3v) is 1.73. The van der Waals surface area contributed by atoms with Crippen molar-refractivity contribution in [3.8, 4) is 0 Å². The number of rotatable bonds is 1. The number of pyridine rings is 1. The summed E-state index contributed by atoms with van der Waals surface area (Å²) in [6, 6.07) is 3.69. The van der Waals surface area contributed by atoms with E-state index in [1.165, 1.54) is 0 Å². The summed E-state index contributed by atoms with van der Waals surface area (Å²) in [4.78, 5) is 8.24. The summed E-state index contributed by atoms with van der Waals surface area (Å²) >= 11 is 0. The molecule has 1 aromatic heterocycles. The zero-order valence-electron chi connectivity index (χ0n) is 6.62. The second kappa shape index (κ2) is 2.81. The fourth-order valence-electron chi connectivity index (χ4n) is 1.14. The van der Waals surface area contributed by atoms with E-state index in [1.54, 1.807) is 12.3 Å². The molecule has 0 amide bonds. The molecule has 2 heterocycles. The minimum absolute atomic E-state index is 0.539. The average molecular weight is 162 g/mol. The van der Waals surface area contributed by atoms with Gasteiger partial charge in [0, 0.05) is 18.3 Å². The van der Waals surface area contributed by atoms with Crippen LogP contribution in [0.1, 0.15) is 5.56 Å². The summed E-state index contributed by atoms with van der Waals surface area (Å²) in [6.07, 6.45) is 1.73. The van der Waals surface area contributed by atoms with E-state index in [9.17, 15) is 0 Å². The Morgan fingerprint density at radius 2 is 2.33 bits per heavy atom. The molecule has 12 heavy (non-hydrogen) atoms. The van der Waals surface area contributed by atoms with E-state index < -0.39 is 0 Å². The molecule has 1 aliphatic rings. The smallest absolute Gasteiger partial charge is 0.129 e. The molecule has 4 nitrogen and oxygen atoms in total. The molecular formula is C8H10N4. The van der Waals surface area contributed by atoms with Gasteiger partial charge in [0.25, 0.3) is 0 Å². The quantitative estimate of drug-likeness (QED) is 0.611. The van der Waals surface area contributed by atoms with Crippen LogP contribution in [-0.4, -0.2) is 23.9 Å². The van der Waals surface area contributed by atoms with E-state index in [2.05, 4.69) is 15.3 Å². The zero-order valence-corrected chi connectivity index (χ0v) is 6.62. The van der Waals surface area contributed by atoms with E-state index in [0.29, 0.717) is 5.82 Å². The van der Waals surface area contributed by atoms with Crippen molar-refractivity contribution in [3.05, 3.63) is 23.9 Å². The van der Waals surface area contributed by atoms with E-state index in [1.807, 2.05) is 6.07 Å². The highest BCUT2D eigenvalue weighted by Crippen LogP contribution is 2.03. The Morgan fingerprint density at radius 1 is 1.42 bits per heavy atom. The standard InChI is InChI=1S/C8H10N4/c9-7-2-1-6(5-12-7)8-10-3-4-11-8/h1-2,5H,3-4H2,(H2,9,12)(H,10,11). The highest BCUT2D eigenvalue weighted by Gasteiger charge is 2.06. The fourth-order valence-corrected chi connectivity index (χ4v) is 1.14. The minimum atomic E-state index is 0.539. The Bertz CT molecular complexity index is 301. The lowest BCUT2D eigenvalue weighted by molar-refractivity contribution is 0.960. The van der Waals surface area contributed by atoms with Crippen LogP contribution in [-0.2, 0) is 0 Å². The molecule has 0 aliphatic carbocycles. The molecular weight excluding hydrogens is 152 g/mol. The van der Waals surface area contributed by atoms with Gasteiger partial charge in [0.2, 0.25) is 0 Å². The van der Waals surface area contributed by atoms with Crippen LogP contribution >= 0.6 is 0 Å². The Balaban J connectivity index is 2.28. The highest BCUT2D eigenvalue weighted by molar-refractivity contribution is 5.99. The van der Waals surface area contributed by atoms with Gasteiger partial charge in [-0.2, -0.15) is 0 Å². The maximum Gasteiger partial charge on any atom is 0.129 e. The number of anilines is 1. The van der Waals surface area contributed by atoms with Gasteiger partial charge in [-0.25, -0.2) is 4.98 Å². The van der Waals surface area contributed by atoms with Crippen molar-refractivity contribution >= 4 is 11.7 Å². The molecule has 0 aromatic carbocycles. The average Bonchev–Trinajstić information content (AvgIpc) is 2.58. The van der Waals surface area contributed by atoms with Crippen LogP contribution in [0.3, 0.4) is 0 Å². The summed E-state index contributed by atoms with van der Waals surface area (Å²) in [5.74, 6) is 1.46. The van der Waals surface area contributed by atoms with Crippen LogP contribution < -0.4 is 11.1 Å². The number of nitrogens with zero attached hydrogens (tertiary/aromatic N) is 2. The van der Waals surface area contributed by atoms with Crippen molar-refractivity contribution in [1.29, 1.82) is 0 Å². The maximum atomic E-state index is 5.45. The molecule has 0 bridgehead atoms. The molecule has 1 aromatic rings. The van der Waals surface area contributed by atoms with Crippen LogP contribution in [0.2, 0.25) is 0 Å². The van der Waals surface area contributed by atoms with Gasteiger partial charge in [-0.15, -0.1) is 0 Å². The van der Waals surface area contributed by atoms with Gasteiger partial charge in [-0.1, -0.05) is 0 Å². The van der Waals surface area contributed by atoms with Gasteiger partial charge < -0.3 is 11.1 Å². The van der Waals surface area contributed by atoms with Crippen LogP contribution in [0, 0.1) is 0 Å². The van der Waals surface area contributed by atoms with E-state index in [-0.39, 0.29) is 0 Å². The predicted molar refractivity (Wildman–Crippen MR) is 48.1 cm³/mol. The molecule has 0 saturated heterocycles. The first kappa shape index (κ1) is 7.09. The van der Waals surface area contributed by atoms with Crippen molar-refractivity contribution in [1.82, 2.24) is 10.3 Å². The summed E-state index contributed by atoms with van der Waals surface area (Å²) in [7, 11) is 0. The number of aliphatic imine (C=N–C) groups is 1. The Morgan fingerprint density at radius 3 is 2.92 bits per heavy atom. The summed E-state index contributed by atoms with van der Waals surface area (Å²) in [5.41, 5.74) is 6.46. The molecule has 62 valence electrons. The van der Waals surface area contributed by atoms with Crippen molar-refractivity contribution in [2.45, 2.75) is 0 Å². The lowest BCUT2D eigenvalue weighted by Gasteiger charge is -2.00. The number of nitrogens with two attached hydrogens (primary N) is 1. The molecule has 1 aliphatic heterocycles. The SMILES string of the molecule is Nc1ccc(C2=NCCN2)cn1. The molecule has 3 N–H and O–H groups in total. The van der Waals surface area contributed by atoms with Crippen LogP contribution in [0.5, 0.6) is 0 Å². The zero-order chi connectivity index (χ0) is 8.39. The Labute approximate surface area is 70.5 Å². The lowest BCUT2D eigenvalue weighted by Crippen LogP contribution is -2.19. The number of aromatic nitrogens is 1. The predicted octanol–water partition coefficient (Wildman–Crippen LogP) is 0.0136. The van der Waals surface area contributed by atoms with Crippen LogP contribution in [0.15, 0.2) is 23.3 Å². The van der Waals surface area contributed by atoms with Gasteiger partial charge in [0.1, 0.15) is 11.7 Å². The molecule has 4 heteroatoms. The number of hydrogen-bond acceptors (Lipinski definition) is 4. The van der Waals surface area contributed by atoms with E-state index in [4.69, 9.17) is 5.73 Å². The molecule has 0 spiro atoms. The first-order valence-electron chi connectivity index (χ1n) is 3.86. The van der Waals surface area contributed by atoms with Gasteiger partial charge >= 0.3 is 0 Å². The van der Waals surface area contributed by atoms with Gasteiger partial charge in [-0.3, -0.25) is 4.99 Å². The second-order valence-corrected chi connectivity index (χ2v) is 2.63. The molecule has 0 atom stereocenters. The molecule has 0 fully saturated rings. The lowest BCUT2D eigenvalue weighted by atomic mass is 10.2. The van der Waals surface area contributed by atoms with Crippen molar-refractivity contribution in [2.24, 2.45) is 4.99 Å². The second-order valence-electron chi connectivity index (χ2n) is 2.63. The van der Waals surface area contributed by atoms with Crippen molar-refractivity contribution < 1.29 is 0 Å². The third-order valence-electron chi connectivity index (χ3n) is 1.73. The topological polar surface area (TPSA) is 63.3 Å². The van der Waals surface area contributed by atoms with Gasteiger partial charge in [-0.05, 0) is 12.1 Å². The summed E-state index contributed by atoms with van der Waals surface area (Å²) < 4.78 is 0. The van der Waals surface area contributed by atoms with Gasteiger partial charge in [0.15, 0.2) is 0 Å². The summed E-state index contributed by atoms with van der Waals surface area (Å²) in [5, 5.41) is 3.16. The minimum Gasteiger partial charge on any atom is -0.384 e. The number of hydrogen-bond donors (Lipinski definition) is 2. The molecule has 0 saturated carbocycles. The van der Waals surface area contributed by atoms with Crippen LogP contribution in [0.25, 0.3) is 0 Å². The third kappa shape index (κ3) is 1.23. The Kier molecular flexibility index (Phi) is 1.66. The fraction of sp³-hybridized carbons (Fsp3) is 0.250. The van der Waals surface area contributed by atoms with Crippen molar-refractivity contribution in [2.75, 3.05) is 18.8 Å². The monoisotopic (exact) mass is 162 g/mol. The van der Waals surface area contributed by atoms with Crippen LogP contribution in [0.4, 0.5) is 5.82 Å². The Hall–Kier alpha value is -1.58. The van der Waals surface area contributed by atoms with Crippen molar-refractivity contribution in [3.63, 3.8) is 0 Å². The highest BCUT2D eigenvalue weighted by atomic mass is 15.1. The summed E-state index contributed by atoms with van der Waals surface area (Å²) in [6.45, 7) is 1.76. The normalized spacial score (nSPS) is 15.5. The largest absolute Gasteiger partial charge is 0.384 e.